The first-order valence-electron chi connectivity index (χ1n) is 12.7. The van der Waals surface area contributed by atoms with Crippen LogP contribution in [0.1, 0.15) is 122 Å². The Morgan fingerprint density at radius 2 is 0.931 bits per heavy atom. The van der Waals surface area contributed by atoms with Crippen LogP contribution in [0.15, 0.2) is 0 Å². The van der Waals surface area contributed by atoms with Crippen molar-refractivity contribution in [1.82, 2.24) is 0 Å². The molecule has 5 N–H and O–H groups in total. The van der Waals surface area contributed by atoms with E-state index in [2.05, 4.69) is 6.92 Å². The van der Waals surface area contributed by atoms with Crippen molar-refractivity contribution in [2.75, 3.05) is 26.4 Å². The van der Waals surface area contributed by atoms with E-state index in [0.717, 1.165) is 12.8 Å². The molecule has 0 aromatic carbocycles. The molecule has 0 spiro atoms. The number of hydrogen-bond donors (Lipinski definition) is 4. The maximum Gasteiger partial charge on any atom is 0.0436 e. The molecule has 0 aromatic rings. The summed E-state index contributed by atoms with van der Waals surface area (Å²) in [5.41, 5.74) is 5.84. The van der Waals surface area contributed by atoms with Crippen LogP contribution >= 0.6 is 0 Å². The molecular formula is C25H53NO3. The lowest BCUT2D eigenvalue weighted by molar-refractivity contribution is 0.0416. The Balaban J connectivity index is 3.82. The SMILES string of the molecule is CCCCCCCCCCCCCCCCC(CN)C(CCO)(CCO)CCO. The van der Waals surface area contributed by atoms with Crippen LogP contribution in [0, 0.1) is 11.3 Å². The van der Waals surface area contributed by atoms with Crippen molar-refractivity contribution in [2.24, 2.45) is 17.1 Å². The van der Waals surface area contributed by atoms with Crippen LogP contribution < -0.4 is 5.73 Å². The molecule has 29 heavy (non-hydrogen) atoms. The van der Waals surface area contributed by atoms with Crippen LogP contribution in [-0.2, 0) is 0 Å². The summed E-state index contributed by atoms with van der Waals surface area (Å²) in [6, 6.07) is 0. The number of unbranched alkanes of at least 4 members (excludes halogenated alkanes) is 13. The van der Waals surface area contributed by atoms with Gasteiger partial charge in [-0.25, -0.2) is 0 Å². The van der Waals surface area contributed by atoms with Gasteiger partial charge in [-0.2, -0.15) is 0 Å². The van der Waals surface area contributed by atoms with Gasteiger partial charge in [0.15, 0.2) is 0 Å². The normalized spacial score (nSPS) is 13.1. The molecule has 0 saturated heterocycles. The highest BCUT2D eigenvalue weighted by molar-refractivity contribution is 4.87. The molecule has 0 amide bonds. The first kappa shape index (κ1) is 28.8. The molecule has 0 radical (unpaired) electrons. The Labute approximate surface area is 181 Å². The number of aliphatic hydroxyl groups excluding tert-OH is 3. The Morgan fingerprint density at radius 1 is 0.586 bits per heavy atom. The highest BCUT2D eigenvalue weighted by atomic mass is 16.3. The maximum atomic E-state index is 9.49. The molecule has 0 aliphatic carbocycles. The third-order valence-corrected chi connectivity index (χ3v) is 6.89. The fourth-order valence-corrected chi connectivity index (χ4v) is 4.91. The molecule has 0 heterocycles. The quantitative estimate of drug-likeness (QED) is 0.164. The van der Waals surface area contributed by atoms with E-state index in [9.17, 15) is 15.3 Å². The van der Waals surface area contributed by atoms with Gasteiger partial charge < -0.3 is 21.1 Å². The molecule has 0 fully saturated rings. The van der Waals surface area contributed by atoms with Gasteiger partial charge in [0, 0.05) is 19.8 Å². The molecule has 0 aliphatic heterocycles. The minimum Gasteiger partial charge on any atom is -0.396 e. The second kappa shape index (κ2) is 21.1. The van der Waals surface area contributed by atoms with Crippen molar-refractivity contribution in [3.05, 3.63) is 0 Å². The van der Waals surface area contributed by atoms with Crippen LogP contribution in [0.5, 0.6) is 0 Å². The van der Waals surface area contributed by atoms with Gasteiger partial charge in [-0.3, -0.25) is 0 Å². The number of hydrogen-bond acceptors (Lipinski definition) is 4. The van der Waals surface area contributed by atoms with E-state index in [4.69, 9.17) is 5.73 Å². The molecule has 0 aliphatic rings. The summed E-state index contributed by atoms with van der Waals surface area (Å²) in [6.07, 6.45) is 21.9. The van der Waals surface area contributed by atoms with Crippen LogP contribution in [0.25, 0.3) is 0 Å². The van der Waals surface area contributed by atoms with E-state index in [1.54, 1.807) is 0 Å². The van der Waals surface area contributed by atoms with Crippen LogP contribution in [-0.4, -0.2) is 41.7 Å². The van der Waals surface area contributed by atoms with Gasteiger partial charge >= 0.3 is 0 Å². The maximum absolute atomic E-state index is 9.49. The Morgan fingerprint density at radius 3 is 1.24 bits per heavy atom. The van der Waals surface area contributed by atoms with Crippen molar-refractivity contribution in [3.8, 4) is 0 Å². The topological polar surface area (TPSA) is 86.7 Å². The third-order valence-electron chi connectivity index (χ3n) is 6.89. The minimum atomic E-state index is -0.219. The van der Waals surface area contributed by atoms with E-state index in [1.165, 1.54) is 83.5 Å². The van der Waals surface area contributed by atoms with E-state index in [1.807, 2.05) is 0 Å². The minimum absolute atomic E-state index is 0.0925. The van der Waals surface area contributed by atoms with Crippen LogP contribution in [0.3, 0.4) is 0 Å². The first-order chi connectivity index (χ1) is 14.2. The molecule has 1 atom stereocenters. The zero-order valence-electron chi connectivity index (χ0n) is 19.6. The standard InChI is InChI=1S/C25H53NO3/c1-2-3-4-5-6-7-8-9-10-11-12-13-14-15-16-24(23-26)25(17-20-27,18-21-28)19-22-29/h24,27-29H,2-23,26H2,1H3. The highest BCUT2D eigenvalue weighted by Gasteiger charge is 2.36. The van der Waals surface area contributed by atoms with Crippen molar-refractivity contribution in [2.45, 2.75) is 122 Å². The summed E-state index contributed by atoms with van der Waals surface area (Å²) in [4.78, 5) is 0. The summed E-state index contributed by atoms with van der Waals surface area (Å²) in [7, 11) is 0. The van der Waals surface area contributed by atoms with E-state index in [0.29, 0.717) is 25.8 Å². The Bertz CT molecular complexity index is 308. The predicted molar refractivity (Wildman–Crippen MR) is 125 cm³/mol. The number of nitrogens with two attached hydrogens (primary N) is 1. The fraction of sp³-hybridized carbons (Fsp3) is 1.00. The average molecular weight is 416 g/mol. The second-order valence-corrected chi connectivity index (χ2v) is 9.10. The van der Waals surface area contributed by atoms with E-state index >= 15 is 0 Å². The van der Waals surface area contributed by atoms with E-state index < -0.39 is 0 Å². The third kappa shape index (κ3) is 14.5. The van der Waals surface area contributed by atoms with Gasteiger partial charge in [0.2, 0.25) is 0 Å². The molecule has 176 valence electrons. The predicted octanol–water partition coefficient (Wildman–Crippen LogP) is 5.57. The van der Waals surface area contributed by atoms with Gasteiger partial charge in [-0.1, -0.05) is 96.8 Å². The number of rotatable bonds is 23. The van der Waals surface area contributed by atoms with Gasteiger partial charge in [0.25, 0.3) is 0 Å². The van der Waals surface area contributed by atoms with Gasteiger partial charge in [0.05, 0.1) is 0 Å². The smallest absolute Gasteiger partial charge is 0.0436 e. The Kier molecular flexibility index (Phi) is 21.0. The van der Waals surface area contributed by atoms with Gasteiger partial charge in [-0.05, 0) is 43.6 Å². The summed E-state index contributed by atoms with van der Waals surface area (Å²) < 4.78 is 0. The molecule has 0 bridgehead atoms. The molecule has 0 saturated carbocycles. The lowest BCUT2D eigenvalue weighted by atomic mass is 9.67. The zero-order chi connectivity index (χ0) is 21.6. The molecule has 0 aromatic heterocycles. The lowest BCUT2D eigenvalue weighted by Crippen LogP contribution is -2.38. The molecule has 4 heteroatoms. The first-order valence-corrected chi connectivity index (χ1v) is 12.7. The zero-order valence-corrected chi connectivity index (χ0v) is 19.6. The van der Waals surface area contributed by atoms with Crippen LogP contribution in [0.4, 0.5) is 0 Å². The molecule has 1 unspecified atom stereocenters. The summed E-state index contributed by atoms with van der Waals surface area (Å²) in [5, 5.41) is 28.5. The molecule has 4 nitrogen and oxygen atoms in total. The second-order valence-electron chi connectivity index (χ2n) is 9.10. The summed E-state index contributed by atoms with van der Waals surface area (Å²) in [5.74, 6) is 0.270. The average Bonchev–Trinajstić information content (AvgIpc) is 2.71. The summed E-state index contributed by atoms with van der Waals surface area (Å²) >= 11 is 0. The molecular weight excluding hydrogens is 362 g/mol. The van der Waals surface area contributed by atoms with Crippen LogP contribution in [0.2, 0.25) is 0 Å². The van der Waals surface area contributed by atoms with Crippen molar-refractivity contribution in [3.63, 3.8) is 0 Å². The van der Waals surface area contributed by atoms with E-state index in [-0.39, 0.29) is 31.2 Å². The lowest BCUT2D eigenvalue weighted by Gasteiger charge is -2.40. The monoisotopic (exact) mass is 415 g/mol. The summed E-state index contributed by atoms with van der Waals surface area (Å²) in [6.45, 7) is 3.12. The van der Waals surface area contributed by atoms with Gasteiger partial charge in [0.1, 0.15) is 0 Å². The number of aliphatic hydroxyl groups is 3. The van der Waals surface area contributed by atoms with Crippen molar-refractivity contribution < 1.29 is 15.3 Å². The molecule has 0 rings (SSSR count). The van der Waals surface area contributed by atoms with Gasteiger partial charge in [-0.15, -0.1) is 0 Å². The fourth-order valence-electron chi connectivity index (χ4n) is 4.91. The van der Waals surface area contributed by atoms with Crippen molar-refractivity contribution >= 4 is 0 Å². The highest BCUT2D eigenvalue weighted by Crippen LogP contribution is 2.41. The Hall–Kier alpha value is -0.160. The largest absolute Gasteiger partial charge is 0.396 e. The van der Waals surface area contributed by atoms with Crippen molar-refractivity contribution in [1.29, 1.82) is 0 Å².